The topological polar surface area (TPSA) is 56.6 Å². The first-order valence-corrected chi connectivity index (χ1v) is 10.5. The average Bonchev–Trinajstić information content (AvgIpc) is 3.19. The Morgan fingerprint density at radius 3 is 2.67 bits per heavy atom. The monoisotopic (exact) mass is 376 g/mol. The van der Waals surface area contributed by atoms with E-state index in [2.05, 4.69) is 43.7 Å². The van der Waals surface area contributed by atoms with E-state index >= 15 is 0 Å². The Balaban J connectivity index is 1.43. The molecule has 0 saturated carbocycles. The number of aromatic nitrogens is 2. The summed E-state index contributed by atoms with van der Waals surface area (Å²) in [7, 11) is 4.24. The van der Waals surface area contributed by atoms with Crippen molar-refractivity contribution >= 4 is 6.03 Å². The van der Waals surface area contributed by atoms with Crippen LogP contribution >= 0.6 is 0 Å². The molecule has 1 aromatic rings. The molecule has 0 aromatic carbocycles. The summed E-state index contributed by atoms with van der Waals surface area (Å²) in [5.41, 5.74) is 0. The summed E-state index contributed by atoms with van der Waals surface area (Å²) in [6, 6.07) is 0.822. The molecule has 27 heavy (non-hydrogen) atoms. The van der Waals surface area contributed by atoms with Crippen LogP contribution in [0, 0.1) is 0 Å². The van der Waals surface area contributed by atoms with Gasteiger partial charge in [0.25, 0.3) is 0 Å². The van der Waals surface area contributed by atoms with E-state index in [0.717, 1.165) is 71.4 Å². The lowest BCUT2D eigenvalue weighted by atomic mass is 9.99. The van der Waals surface area contributed by atoms with E-state index in [0.29, 0.717) is 12.1 Å². The SMILES string of the molecule is CN(C)CCN1CCC(NC(=O)N2CCCC[C@H]2CCn2ccnc2)CC1. The molecule has 1 N–H and O–H groups in total. The minimum Gasteiger partial charge on any atom is -0.337 e. The van der Waals surface area contributed by atoms with Crippen LogP contribution in [-0.4, -0.2) is 89.2 Å². The number of nitrogens with zero attached hydrogens (tertiary/aromatic N) is 5. The van der Waals surface area contributed by atoms with Crippen molar-refractivity contribution in [3.05, 3.63) is 18.7 Å². The molecule has 2 saturated heterocycles. The third kappa shape index (κ3) is 6.21. The van der Waals surface area contributed by atoms with Crippen LogP contribution in [0.2, 0.25) is 0 Å². The molecule has 1 aromatic heterocycles. The van der Waals surface area contributed by atoms with Crippen molar-refractivity contribution in [2.75, 3.05) is 46.8 Å². The molecular formula is C20H36N6O. The number of piperidine rings is 2. The molecule has 3 heterocycles. The molecule has 2 amide bonds. The predicted octanol–water partition coefficient (Wildman–Crippen LogP) is 1.86. The number of nitrogens with one attached hydrogen (secondary N) is 1. The van der Waals surface area contributed by atoms with Gasteiger partial charge >= 0.3 is 6.03 Å². The number of aryl methyl sites for hydroxylation is 1. The van der Waals surface area contributed by atoms with Crippen molar-refractivity contribution in [2.45, 2.75) is 57.2 Å². The van der Waals surface area contributed by atoms with Gasteiger partial charge in [0.05, 0.1) is 6.33 Å². The Morgan fingerprint density at radius 2 is 1.96 bits per heavy atom. The van der Waals surface area contributed by atoms with Crippen molar-refractivity contribution in [1.29, 1.82) is 0 Å². The summed E-state index contributed by atoms with van der Waals surface area (Å²) in [6.45, 7) is 6.21. The van der Waals surface area contributed by atoms with Crippen molar-refractivity contribution in [2.24, 2.45) is 0 Å². The summed E-state index contributed by atoms with van der Waals surface area (Å²) in [5.74, 6) is 0. The number of carbonyl (C=O) groups excluding carboxylic acids is 1. The Morgan fingerprint density at radius 1 is 1.15 bits per heavy atom. The van der Waals surface area contributed by atoms with Crippen LogP contribution < -0.4 is 5.32 Å². The summed E-state index contributed by atoms with van der Waals surface area (Å²) in [6.07, 6.45) is 12.3. The standard InChI is InChI=1S/C20H36N6O/c1-23(2)15-16-24-11-6-18(7-12-24)22-20(27)26-10-4-3-5-19(26)8-13-25-14-9-21-17-25/h9,14,17-19H,3-8,10-13,15-16H2,1-2H3,(H,22,27)/t19-/m0/s1. The number of imidazole rings is 1. The number of likely N-dealkylation sites (N-methyl/N-ethyl adjacent to an activating group) is 1. The predicted molar refractivity (Wildman–Crippen MR) is 108 cm³/mol. The van der Waals surface area contributed by atoms with Gasteiger partial charge in [0, 0.05) is 63.7 Å². The van der Waals surface area contributed by atoms with Gasteiger partial charge < -0.3 is 24.6 Å². The van der Waals surface area contributed by atoms with E-state index in [1.54, 1.807) is 0 Å². The molecule has 2 fully saturated rings. The van der Waals surface area contributed by atoms with Crippen LogP contribution in [0.5, 0.6) is 0 Å². The molecule has 1 atom stereocenters. The quantitative estimate of drug-likeness (QED) is 0.789. The fourth-order valence-corrected chi connectivity index (χ4v) is 4.19. The molecule has 2 aliphatic rings. The first-order chi connectivity index (χ1) is 13.1. The van der Waals surface area contributed by atoms with E-state index in [1.165, 1.54) is 6.42 Å². The average molecular weight is 377 g/mol. The van der Waals surface area contributed by atoms with Gasteiger partial charge in [-0.1, -0.05) is 0 Å². The number of amides is 2. The Bertz CT molecular complexity index is 553. The summed E-state index contributed by atoms with van der Waals surface area (Å²) in [4.78, 5) is 23.9. The van der Waals surface area contributed by atoms with Gasteiger partial charge in [0.1, 0.15) is 0 Å². The van der Waals surface area contributed by atoms with Gasteiger partial charge in [0.2, 0.25) is 0 Å². The first kappa shape index (κ1) is 20.1. The zero-order chi connectivity index (χ0) is 19.1. The normalized spacial score (nSPS) is 22.3. The van der Waals surface area contributed by atoms with Crippen molar-refractivity contribution < 1.29 is 4.79 Å². The van der Waals surface area contributed by atoms with Crippen LogP contribution in [-0.2, 0) is 6.54 Å². The maximum absolute atomic E-state index is 12.9. The number of likely N-dealkylation sites (tertiary alicyclic amines) is 2. The summed E-state index contributed by atoms with van der Waals surface area (Å²) >= 11 is 0. The van der Waals surface area contributed by atoms with Gasteiger partial charge in [-0.2, -0.15) is 0 Å². The van der Waals surface area contributed by atoms with Gasteiger partial charge in [-0.15, -0.1) is 0 Å². The molecule has 0 aliphatic carbocycles. The molecule has 152 valence electrons. The number of carbonyl (C=O) groups is 1. The van der Waals surface area contributed by atoms with Gasteiger partial charge in [-0.25, -0.2) is 9.78 Å². The lowest BCUT2D eigenvalue weighted by Gasteiger charge is -2.38. The molecule has 0 bridgehead atoms. The van der Waals surface area contributed by atoms with E-state index < -0.39 is 0 Å². The molecule has 0 unspecified atom stereocenters. The number of rotatable bonds is 7. The van der Waals surface area contributed by atoms with Crippen molar-refractivity contribution in [1.82, 2.24) is 29.6 Å². The highest BCUT2D eigenvalue weighted by Crippen LogP contribution is 2.21. The Hall–Kier alpha value is -1.60. The Labute approximate surface area is 163 Å². The molecule has 0 radical (unpaired) electrons. The molecule has 2 aliphatic heterocycles. The van der Waals surface area contributed by atoms with Gasteiger partial charge in [-0.3, -0.25) is 0 Å². The van der Waals surface area contributed by atoms with Crippen molar-refractivity contribution in [3.8, 4) is 0 Å². The smallest absolute Gasteiger partial charge is 0.317 e. The zero-order valence-electron chi connectivity index (χ0n) is 17.0. The van der Waals surface area contributed by atoms with Crippen LogP contribution in [0.4, 0.5) is 4.79 Å². The maximum atomic E-state index is 12.9. The zero-order valence-corrected chi connectivity index (χ0v) is 17.0. The van der Waals surface area contributed by atoms with Gasteiger partial charge in [0.15, 0.2) is 0 Å². The summed E-state index contributed by atoms with van der Waals surface area (Å²) in [5, 5.41) is 3.33. The van der Waals surface area contributed by atoms with E-state index in [1.807, 2.05) is 18.7 Å². The summed E-state index contributed by atoms with van der Waals surface area (Å²) < 4.78 is 2.11. The molecular weight excluding hydrogens is 340 g/mol. The fourth-order valence-electron chi connectivity index (χ4n) is 4.19. The highest BCUT2D eigenvalue weighted by molar-refractivity contribution is 5.75. The maximum Gasteiger partial charge on any atom is 0.317 e. The second-order valence-corrected chi connectivity index (χ2v) is 8.30. The highest BCUT2D eigenvalue weighted by Gasteiger charge is 2.29. The third-order valence-corrected chi connectivity index (χ3v) is 5.95. The molecule has 7 nitrogen and oxygen atoms in total. The second-order valence-electron chi connectivity index (χ2n) is 8.30. The van der Waals surface area contributed by atoms with Crippen LogP contribution in [0.3, 0.4) is 0 Å². The van der Waals surface area contributed by atoms with Crippen LogP contribution in [0.25, 0.3) is 0 Å². The molecule has 0 spiro atoms. The number of hydrogen-bond donors (Lipinski definition) is 1. The second kappa shape index (κ2) is 10.1. The number of urea groups is 1. The van der Waals surface area contributed by atoms with E-state index in [-0.39, 0.29) is 6.03 Å². The first-order valence-electron chi connectivity index (χ1n) is 10.5. The lowest BCUT2D eigenvalue weighted by molar-refractivity contribution is 0.132. The largest absolute Gasteiger partial charge is 0.337 e. The van der Waals surface area contributed by atoms with E-state index in [4.69, 9.17) is 0 Å². The van der Waals surface area contributed by atoms with E-state index in [9.17, 15) is 4.79 Å². The highest BCUT2D eigenvalue weighted by atomic mass is 16.2. The van der Waals surface area contributed by atoms with Crippen LogP contribution in [0.15, 0.2) is 18.7 Å². The molecule has 7 heteroatoms. The van der Waals surface area contributed by atoms with Crippen LogP contribution in [0.1, 0.15) is 38.5 Å². The molecule has 3 rings (SSSR count). The lowest BCUT2D eigenvalue weighted by Crippen LogP contribution is -2.53. The third-order valence-electron chi connectivity index (χ3n) is 5.95. The minimum atomic E-state index is 0.150. The van der Waals surface area contributed by atoms with Crippen molar-refractivity contribution in [3.63, 3.8) is 0 Å². The minimum absolute atomic E-state index is 0.150. The Kier molecular flexibility index (Phi) is 7.52. The number of hydrogen-bond acceptors (Lipinski definition) is 4. The van der Waals surface area contributed by atoms with Gasteiger partial charge in [-0.05, 0) is 52.6 Å². The fraction of sp³-hybridized carbons (Fsp3) is 0.800.